The molecule has 1 aliphatic rings. The smallest absolute Gasteiger partial charge is 0.129 e. The maximum absolute atomic E-state index is 13.2. The molecule has 14 heavy (non-hydrogen) atoms. The standard InChI is InChI=1S/C10H11F2NO/c11-5-3-7-6(8(12)4-5)1-2-9(13)10(7)14/h3-4,9-10,14H,1-2,13H2/t9-,10-/m1/s1. The minimum atomic E-state index is -0.955. The predicted molar refractivity (Wildman–Crippen MR) is 47.6 cm³/mol. The fourth-order valence-corrected chi connectivity index (χ4v) is 1.85. The normalized spacial score (nSPS) is 26.0. The zero-order valence-electron chi connectivity index (χ0n) is 7.50. The average molecular weight is 199 g/mol. The molecule has 0 spiro atoms. The fraction of sp³-hybridized carbons (Fsp3) is 0.400. The number of fused-ring (bicyclic) bond motifs is 1. The van der Waals surface area contributed by atoms with Crippen LogP contribution in [0.3, 0.4) is 0 Å². The number of nitrogens with two attached hydrogens (primary N) is 1. The summed E-state index contributed by atoms with van der Waals surface area (Å²) >= 11 is 0. The molecule has 4 heteroatoms. The second-order valence-electron chi connectivity index (χ2n) is 3.60. The molecule has 0 unspecified atom stereocenters. The maximum atomic E-state index is 13.2. The molecule has 1 aromatic carbocycles. The van der Waals surface area contributed by atoms with Crippen LogP contribution < -0.4 is 5.73 Å². The lowest BCUT2D eigenvalue weighted by molar-refractivity contribution is 0.132. The van der Waals surface area contributed by atoms with Crippen molar-refractivity contribution < 1.29 is 13.9 Å². The molecular weight excluding hydrogens is 188 g/mol. The summed E-state index contributed by atoms with van der Waals surface area (Å²) in [6.45, 7) is 0. The van der Waals surface area contributed by atoms with Gasteiger partial charge in [0.2, 0.25) is 0 Å². The van der Waals surface area contributed by atoms with E-state index in [9.17, 15) is 13.9 Å². The van der Waals surface area contributed by atoms with Gasteiger partial charge in [-0.05, 0) is 30.0 Å². The summed E-state index contributed by atoms with van der Waals surface area (Å²) in [5, 5.41) is 9.62. The van der Waals surface area contributed by atoms with Crippen LogP contribution in [-0.2, 0) is 6.42 Å². The van der Waals surface area contributed by atoms with Crippen LogP contribution in [0.15, 0.2) is 12.1 Å². The third-order valence-corrected chi connectivity index (χ3v) is 2.65. The topological polar surface area (TPSA) is 46.2 Å². The molecule has 0 aromatic heterocycles. The fourth-order valence-electron chi connectivity index (χ4n) is 1.85. The molecule has 0 saturated heterocycles. The zero-order chi connectivity index (χ0) is 10.3. The van der Waals surface area contributed by atoms with Crippen molar-refractivity contribution in [3.8, 4) is 0 Å². The van der Waals surface area contributed by atoms with Gasteiger partial charge in [0.15, 0.2) is 0 Å². The summed E-state index contributed by atoms with van der Waals surface area (Å²) in [4.78, 5) is 0. The van der Waals surface area contributed by atoms with Gasteiger partial charge in [0, 0.05) is 12.1 Å². The van der Waals surface area contributed by atoms with Gasteiger partial charge in [-0.1, -0.05) is 0 Å². The molecule has 2 nitrogen and oxygen atoms in total. The summed E-state index contributed by atoms with van der Waals surface area (Å²) in [5.41, 5.74) is 6.28. The van der Waals surface area contributed by atoms with Gasteiger partial charge in [0.25, 0.3) is 0 Å². The molecule has 0 saturated carbocycles. The van der Waals surface area contributed by atoms with Gasteiger partial charge in [-0.2, -0.15) is 0 Å². The van der Waals surface area contributed by atoms with Crippen molar-refractivity contribution in [2.45, 2.75) is 25.0 Å². The lowest BCUT2D eigenvalue weighted by Gasteiger charge is -2.27. The van der Waals surface area contributed by atoms with Crippen molar-refractivity contribution in [1.82, 2.24) is 0 Å². The molecule has 0 bridgehead atoms. The molecular formula is C10H11F2NO. The number of hydrogen-bond donors (Lipinski definition) is 2. The van der Waals surface area contributed by atoms with E-state index in [0.29, 0.717) is 24.0 Å². The van der Waals surface area contributed by atoms with Crippen LogP contribution in [0.5, 0.6) is 0 Å². The number of hydrogen-bond acceptors (Lipinski definition) is 2. The minimum absolute atomic E-state index is 0.293. The lowest BCUT2D eigenvalue weighted by atomic mass is 9.86. The molecule has 0 aliphatic heterocycles. The Morgan fingerprint density at radius 3 is 2.79 bits per heavy atom. The van der Waals surface area contributed by atoms with Crippen molar-refractivity contribution in [1.29, 1.82) is 0 Å². The van der Waals surface area contributed by atoms with E-state index in [1.807, 2.05) is 0 Å². The first-order chi connectivity index (χ1) is 6.59. The quantitative estimate of drug-likeness (QED) is 0.661. The molecule has 0 fully saturated rings. The molecule has 1 aromatic rings. The van der Waals surface area contributed by atoms with Crippen molar-refractivity contribution >= 4 is 0 Å². The highest BCUT2D eigenvalue weighted by Gasteiger charge is 2.27. The summed E-state index contributed by atoms with van der Waals surface area (Å²) in [6.07, 6.45) is 0.0279. The summed E-state index contributed by atoms with van der Waals surface area (Å²) < 4.78 is 26.1. The van der Waals surface area contributed by atoms with Crippen LogP contribution in [-0.4, -0.2) is 11.1 Å². The monoisotopic (exact) mass is 199 g/mol. The molecule has 2 rings (SSSR count). The van der Waals surface area contributed by atoms with E-state index in [4.69, 9.17) is 5.73 Å². The Kier molecular flexibility index (Phi) is 2.25. The van der Waals surface area contributed by atoms with Crippen molar-refractivity contribution in [3.63, 3.8) is 0 Å². The van der Waals surface area contributed by atoms with Gasteiger partial charge in [-0.15, -0.1) is 0 Å². The Morgan fingerprint density at radius 1 is 1.36 bits per heavy atom. The van der Waals surface area contributed by atoms with Crippen molar-refractivity contribution in [3.05, 3.63) is 34.9 Å². The SMILES string of the molecule is N[C@@H]1CCc2c(F)cc(F)cc2[C@H]1O. The van der Waals surface area contributed by atoms with E-state index >= 15 is 0 Å². The van der Waals surface area contributed by atoms with E-state index in [-0.39, 0.29) is 0 Å². The van der Waals surface area contributed by atoms with Crippen molar-refractivity contribution in [2.24, 2.45) is 5.73 Å². The molecule has 0 radical (unpaired) electrons. The van der Waals surface area contributed by atoms with E-state index in [1.54, 1.807) is 0 Å². The first kappa shape index (κ1) is 9.55. The van der Waals surface area contributed by atoms with Crippen LogP contribution in [0.4, 0.5) is 8.78 Å². The first-order valence-corrected chi connectivity index (χ1v) is 4.51. The third-order valence-electron chi connectivity index (χ3n) is 2.65. The van der Waals surface area contributed by atoms with Crippen LogP contribution in [0.25, 0.3) is 0 Å². The van der Waals surface area contributed by atoms with Gasteiger partial charge in [0.05, 0.1) is 6.10 Å². The highest BCUT2D eigenvalue weighted by Crippen LogP contribution is 2.31. The molecule has 76 valence electrons. The summed E-state index contributed by atoms with van der Waals surface area (Å²) in [5.74, 6) is -1.26. The first-order valence-electron chi connectivity index (χ1n) is 4.51. The second-order valence-corrected chi connectivity index (χ2v) is 3.60. The Hall–Kier alpha value is -1.00. The Balaban J connectivity index is 2.54. The largest absolute Gasteiger partial charge is 0.387 e. The Morgan fingerprint density at radius 2 is 2.07 bits per heavy atom. The maximum Gasteiger partial charge on any atom is 0.129 e. The van der Waals surface area contributed by atoms with Gasteiger partial charge < -0.3 is 10.8 Å². The van der Waals surface area contributed by atoms with Crippen LogP contribution in [0, 0.1) is 11.6 Å². The molecule has 1 aliphatic carbocycles. The highest BCUT2D eigenvalue weighted by molar-refractivity contribution is 5.34. The van der Waals surface area contributed by atoms with Crippen LogP contribution >= 0.6 is 0 Å². The number of rotatable bonds is 0. The number of halogens is 2. The van der Waals surface area contributed by atoms with Crippen molar-refractivity contribution in [2.75, 3.05) is 0 Å². The van der Waals surface area contributed by atoms with Gasteiger partial charge in [0.1, 0.15) is 11.6 Å². The zero-order valence-corrected chi connectivity index (χ0v) is 7.50. The Labute approximate surface area is 80.4 Å². The summed E-state index contributed by atoms with van der Waals surface area (Å²) in [7, 11) is 0. The van der Waals surface area contributed by atoms with Gasteiger partial charge in [-0.25, -0.2) is 8.78 Å². The molecule has 0 heterocycles. The molecule has 0 amide bonds. The second kappa shape index (κ2) is 3.29. The van der Waals surface area contributed by atoms with E-state index in [0.717, 1.165) is 12.1 Å². The molecule has 3 N–H and O–H groups in total. The average Bonchev–Trinajstić information content (AvgIpc) is 2.12. The van der Waals surface area contributed by atoms with Gasteiger partial charge in [-0.3, -0.25) is 0 Å². The van der Waals surface area contributed by atoms with E-state index in [2.05, 4.69) is 0 Å². The van der Waals surface area contributed by atoms with E-state index in [1.165, 1.54) is 0 Å². The lowest BCUT2D eigenvalue weighted by Crippen LogP contribution is -2.33. The summed E-state index contributed by atoms with van der Waals surface area (Å²) in [6, 6.07) is 1.56. The van der Waals surface area contributed by atoms with Gasteiger partial charge >= 0.3 is 0 Å². The van der Waals surface area contributed by atoms with Crippen LogP contribution in [0.1, 0.15) is 23.7 Å². The number of benzene rings is 1. The number of aliphatic hydroxyl groups is 1. The molecule has 2 atom stereocenters. The Bertz CT molecular complexity index is 367. The number of aliphatic hydroxyl groups excluding tert-OH is 1. The minimum Gasteiger partial charge on any atom is -0.387 e. The van der Waals surface area contributed by atoms with E-state index < -0.39 is 23.8 Å². The van der Waals surface area contributed by atoms with Crippen LogP contribution in [0.2, 0.25) is 0 Å². The third kappa shape index (κ3) is 1.40. The highest BCUT2D eigenvalue weighted by atomic mass is 19.1. The predicted octanol–water partition coefficient (Wildman–Crippen LogP) is 1.27.